The van der Waals surface area contributed by atoms with Crippen molar-refractivity contribution >= 4 is 50.5 Å². The van der Waals surface area contributed by atoms with E-state index in [4.69, 9.17) is 16.3 Å². The molecule has 1 aromatic carbocycles. The third-order valence-corrected chi connectivity index (χ3v) is 5.65. The molecule has 0 fully saturated rings. The molecule has 29 heavy (non-hydrogen) atoms. The minimum Gasteiger partial charge on any atom is -0.459 e. The van der Waals surface area contributed by atoms with Crippen molar-refractivity contribution in [3.05, 3.63) is 85.3 Å². The first-order valence-electron chi connectivity index (χ1n) is 8.52. The zero-order valence-electron chi connectivity index (χ0n) is 14.8. The van der Waals surface area contributed by atoms with Gasteiger partial charge >= 0.3 is 5.97 Å². The van der Waals surface area contributed by atoms with Crippen LogP contribution in [0.3, 0.4) is 0 Å². The van der Waals surface area contributed by atoms with Crippen LogP contribution in [0.15, 0.2) is 63.3 Å². The number of carbonyl (C=O) groups is 1. The summed E-state index contributed by atoms with van der Waals surface area (Å²) in [4.78, 5) is 33.2. The van der Waals surface area contributed by atoms with Gasteiger partial charge in [-0.15, -0.1) is 11.3 Å². The Labute approximate surface area is 182 Å². The van der Waals surface area contributed by atoms with E-state index in [-0.39, 0.29) is 18.6 Å². The second-order valence-corrected chi connectivity index (χ2v) is 8.36. The van der Waals surface area contributed by atoms with E-state index in [0.29, 0.717) is 22.1 Å². The molecule has 0 saturated heterocycles. The normalized spacial score (nSPS) is 11.0. The molecule has 6 nitrogen and oxygen atoms in total. The molecule has 0 spiro atoms. The summed E-state index contributed by atoms with van der Waals surface area (Å²) < 4.78 is 7.47. The Morgan fingerprint density at radius 1 is 1.17 bits per heavy atom. The second kappa shape index (κ2) is 8.44. The van der Waals surface area contributed by atoms with Gasteiger partial charge in [0.15, 0.2) is 0 Å². The molecule has 9 heteroatoms. The molecular formula is C20H13BrClN3O3S. The molecule has 0 aliphatic heterocycles. The van der Waals surface area contributed by atoms with Crippen molar-refractivity contribution in [3.8, 4) is 10.6 Å². The number of fused-ring (bicyclic) bond motifs is 1. The summed E-state index contributed by atoms with van der Waals surface area (Å²) in [5, 5.41) is 3.23. The van der Waals surface area contributed by atoms with Gasteiger partial charge in [-0.2, -0.15) is 0 Å². The highest BCUT2D eigenvalue weighted by atomic mass is 79.9. The Kier molecular flexibility index (Phi) is 5.75. The van der Waals surface area contributed by atoms with Gasteiger partial charge in [-0.3, -0.25) is 14.0 Å². The Hall–Kier alpha value is -2.55. The highest BCUT2D eigenvalue weighted by Gasteiger charge is 2.12. The van der Waals surface area contributed by atoms with Gasteiger partial charge < -0.3 is 4.74 Å². The molecule has 0 aliphatic rings. The number of benzene rings is 1. The van der Waals surface area contributed by atoms with E-state index in [1.165, 1.54) is 21.8 Å². The minimum atomic E-state index is -0.439. The molecule has 0 unspecified atom stereocenters. The van der Waals surface area contributed by atoms with Gasteiger partial charge in [0, 0.05) is 32.7 Å². The molecule has 3 heterocycles. The number of thiazole rings is 1. The molecule has 3 aromatic heterocycles. The quantitative estimate of drug-likeness (QED) is 0.385. The van der Waals surface area contributed by atoms with Gasteiger partial charge in [-0.25, -0.2) is 9.97 Å². The number of pyridine rings is 1. The number of halogens is 2. The van der Waals surface area contributed by atoms with Crippen LogP contribution in [0.25, 0.3) is 16.2 Å². The van der Waals surface area contributed by atoms with Crippen LogP contribution in [0.2, 0.25) is 5.02 Å². The largest absolute Gasteiger partial charge is 0.459 e. The maximum absolute atomic E-state index is 12.2. The van der Waals surface area contributed by atoms with Crippen molar-refractivity contribution < 1.29 is 9.53 Å². The molecule has 0 N–H and O–H groups in total. The Balaban J connectivity index is 1.41. The number of hydrogen-bond acceptors (Lipinski definition) is 6. The van der Waals surface area contributed by atoms with Gasteiger partial charge in [0.25, 0.3) is 5.56 Å². The number of hydrogen-bond donors (Lipinski definition) is 0. The number of carbonyl (C=O) groups excluding carboxylic acids is 1. The molecule has 146 valence electrons. The van der Waals surface area contributed by atoms with Crippen molar-refractivity contribution in [3.63, 3.8) is 0 Å². The molecule has 0 amide bonds. The van der Waals surface area contributed by atoms with Crippen molar-refractivity contribution in [1.82, 2.24) is 14.4 Å². The lowest BCUT2D eigenvalue weighted by atomic mass is 10.2. The molecule has 0 aliphatic carbocycles. The Morgan fingerprint density at radius 2 is 2.03 bits per heavy atom. The third kappa shape index (κ3) is 4.72. The van der Waals surface area contributed by atoms with Crippen LogP contribution in [0.4, 0.5) is 0 Å². The first-order chi connectivity index (χ1) is 14.0. The zero-order valence-corrected chi connectivity index (χ0v) is 18.0. The molecule has 4 rings (SSSR count). The van der Waals surface area contributed by atoms with E-state index in [9.17, 15) is 9.59 Å². The Bertz CT molecular complexity index is 1270. The monoisotopic (exact) mass is 489 g/mol. The van der Waals surface area contributed by atoms with Crippen molar-refractivity contribution in [2.24, 2.45) is 0 Å². The van der Waals surface area contributed by atoms with Crippen LogP contribution in [0.1, 0.15) is 11.4 Å². The summed E-state index contributed by atoms with van der Waals surface area (Å²) in [6, 6.07) is 12.2. The van der Waals surface area contributed by atoms with E-state index < -0.39 is 5.97 Å². The molecular weight excluding hydrogens is 478 g/mol. The van der Waals surface area contributed by atoms with E-state index in [0.717, 1.165) is 15.0 Å². The number of nitrogens with zero attached hydrogens (tertiary/aromatic N) is 3. The van der Waals surface area contributed by atoms with Gasteiger partial charge in [0.1, 0.15) is 17.3 Å². The van der Waals surface area contributed by atoms with Gasteiger partial charge in [0.05, 0.1) is 17.8 Å². The lowest BCUT2D eigenvalue weighted by molar-refractivity contribution is -0.144. The van der Waals surface area contributed by atoms with Crippen LogP contribution >= 0.6 is 38.9 Å². The predicted octanol–water partition coefficient (Wildman–Crippen LogP) is 4.52. The van der Waals surface area contributed by atoms with Gasteiger partial charge in [-0.05, 0) is 40.2 Å². The fraction of sp³-hybridized carbons (Fsp3) is 0.100. The number of rotatable bonds is 5. The summed E-state index contributed by atoms with van der Waals surface area (Å²) in [6.07, 6.45) is 1.68. The van der Waals surface area contributed by atoms with E-state index in [1.807, 2.05) is 23.6 Å². The fourth-order valence-corrected chi connectivity index (χ4v) is 4.04. The van der Waals surface area contributed by atoms with E-state index >= 15 is 0 Å². The highest BCUT2D eigenvalue weighted by molar-refractivity contribution is 9.10. The summed E-state index contributed by atoms with van der Waals surface area (Å²) in [7, 11) is 0. The van der Waals surface area contributed by atoms with Crippen LogP contribution in [0, 0.1) is 0 Å². The predicted molar refractivity (Wildman–Crippen MR) is 115 cm³/mol. The molecule has 4 aromatic rings. The summed E-state index contributed by atoms with van der Waals surface area (Å²) >= 11 is 10.8. The second-order valence-electron chi connectivity index (χ2n) is 6.15. The van der Waals surface area contributed by atoms with Crippen molar-refractivity contribution in [1.29, 1.82) is 0 Å². The summed E-state index contributed by atoms with van der Waals surface area (Å²) in [6.45, 7) is -0.0775. The highest BCUT2D eigenvalue weighted by Crippen LogP contribution is 2.26. The average Bonchev–Trinajstić information content (AvgIpc) is 3.15. The molecule has 0 saturated carbocycles. The first-order valence-corrected chi connectivity index (χ1v) is 10.6. The SMILES string of the molecule is O=C(Cc1csc(-c2cccc(Cl)c2)n1)OCc1cc(=O)n2cc(Br)ccc2n1. The maximum atomic E-state index is 12.2. The lowest BCUT2D eigenvalue weighted by Crippen LogP contribution is -2.17. The first kappa shape index (κ1) is 19.8. The lowest BCUT2D eigenvalue weighted by Gasteiger charge is -2.06. The van der Waals surface area contributed by atoms with Crippen molar-refractivity contribution in [2.45, 2.75) is 13.0 Å². The van der Waals surface area contributed by atoms with E-state index in [1.54, 1.807) is 24.4 Å². The van der Waals surface area contributed by atoms with Crippen molar-refractivity contribution in [2.75, 3.05) is 0 Å². The molecule has 0 bridgehead atoms. The maximum Gasteiger partial charge on any atom is 0.312 e. The molecule has 0 atom stereocenters. The van der Waals surface area contributed by atoms with Crippen LogP contribution < -0.4 is 5.56 Å². The van der Waals surface area contributed by atoms with Crippen LogP contribution in [-0.4, -0.2) is 20.3 Å². The third-order valence-electron chi connectivity index (χ3n) is 4.01. The average molecular weight is 491 g/mol. The number of esters is 1. The van der Waals surface area contributed by atoms with Gasteiger partial charge in [0.2, 0.25) is 0 Å². The van der Waals surface area contributed by atoms with Crippen LogP contribution in [0.5, 0.6) is 0 Å². The summed E-state index contributed by atoms with van der Waals surface area (Å²) in [5.74, 6) is -0.439. The zero-order chi connectivity index (χ0) is 20.4. The summed E-state index contributed by atoms with van der Waals surface area (Å²) in [5.41, 5.74) is 2.15. The smallest absolute Gasteiger partial charge is 0.312 e. The topological polar surface area (TPSA) is 73.6 Å². The number of ether oxygens (including phenoxy) is 1. The van der Waals surface area contributed by atoms with Crippen LogP contribution in [-0.2, 0) is 22.6 Å². The van der Waals surface area contributed by atoms with E-state index in [2.05, 4.69) is 25.9 Å². The standard InChI is InChI=1S/C20H13BrClN3O3S/c21-13-4-5-17-23-15(7-18(26)25(17)9-13)10-28-19(27)8-16-11-29-20(24-16)12-2-1-3-14(22)6-12/h1-7,9,11H,8,10H2. The fourth-order valence-electron chi connectivity index (χ4n) is 2.70. The molecule has 0 radical (unpaired) electrons. The minimum absolute atomic E-state index is 0.0383. The Morgan fingerprint density at radius 3 is 2.86 bits per heavy atom. The van der Waals surface area contributed by atoms with Gasteiger partial charge in [-0.1, -0.05) is 23.7 Å². The number of aromatic nitrogens is 3.